The number of rotatable bonds is 2. The van der Waals surface area contributed by atoms with Gasteiger partial charge in [0.2, 0.25) is 0 Å². The van der Waals surface area contributed by atoms with Gasteiger partial charge >= 0.3 is 6.09 Å². The lowest BCUT2D eigenvalue weighted by molar-refractivity contribution is -0.0129. The maximum absolute atomic E-state index is 12.2. The molecule has 0 aromatic heterocycles. The van der Waals surface area contributed by atoms with Gasteiger partial charge in [-0.05, 0) is 39.0 Å². The monoisotopic (exact) mass is 258 g/mol. The molecule has 1 fully saturated rings. The van der Waals surface area contributed by atoms with Crippen molar-refractivity contribution in [3.63, 3.8) is 0 Å². The van der Waals surface area contributed by atoms with E-state index in [2.05, 4.69) is 19.3 Å². The third-order valence-electron chi connectivity index (χ3n) is 3.15. The van der Waals surface area contributed by atoms with E-state index in [-0.39, 0.29) is 17.6 Å². The first-order chi connectivity index (χ1) is 8.14. The van der Waals surface area contributed by atoms with Crippen LogP contribution in [0.5, 0.6) is 0 Å². The number of nitrogens with zero attached hydrogens (tertiary/aromatic N) is 1. The molecule has 2 N–H and O–H groups in total. The highest BCUT2D eigenvalue weighted by Crippen LogP contribution is 2.32. The standard InChI is InChI=1S/C13H26N2O3/c1-12(2,3)18-11(16)15-9-13(4,5)7-6-10(15)8-14-17/h10,14,17H,6-9H2,1-5H3. The van der Waals surface area contributed by atoms with Crippen LogP contribution < -0.4 is 5.48 Å². The summed E-state index contributed by atoms with van der Waals surface area (Å²) in [6.07, 6.45) is 1.62. The van der Waals surface area contributed by atoms with Crippen LogP contribution in [-0.4, -0.2) is 40.9 Å². The zero-order valence-corrected chi connectivity index (χ0v) is 12.1. The lowest BCUT2D eigenvalue weighted by atomic mass is 9.81. The zero-order valence-electron chi connectivity index (χ0n) is 12.1. The number of hydroxylamine groups is 1. The largest absolute Gasteiger partial charge is 0.444 e. The third kappa shape index (κ3) is 4.46. The summed E-state index contributed by atoms with van der Waals surface area (Å²) in [5.74, 6) is 0. The van der Waals surface area contributed by atoms with E-state index in [0.717, 1.165) is 12.8 Å². The van der Waals surface area contributed by atoms with Crippen LogP contribution in [-0.2, 0) is 4.74 Å². The molecule has 106 valence electrons. The first-order valence-electron chi connectivity index (χ1n) is 6.51. The third-order valence-corrected chi connectivity index (χ3v) is 3.15. The summed E-state index contributed by atoms with van der Waals surface area (Å²) in [7, 11) is 0. The molecule has 1 saturated heterocycles. The lowest BCUT2D eigenvalue weighted by Gasteiger charge is -2.43. The number of nitrogens with one attached hydrogen (secondary N) is 1. The maximum Gasteiger partial charge on any atom is 0.410 e. The number of hydrogen-bond acceptors (Lipinski definition) is 4. The maximum atomic E-state index is 12.2. The molecule has 1 aliphatic rings. The molecule has 0 aromatic carbocycles. The molecule has 0 aromatic rings. The fraction of sp³-hybridized carbons (Fsp3) is 0.923. The Balaban J connectivity index is 2.75. The number of piperidine rings is 1. The highest BCUT2D eigenvalue weighted by molar-refractivity contribution is 5.68. The molecule has 0 spiro atoms. The quantitative estimate of drug-likeness (QED) is 0.747. The van der Waals surface area contributed by atoms with Gasteiger partial charge in [-0.15, -0.1) is 0 Å². The first kappa shape index (κ1) is 15.2. The van der Waals surface area contributed by atoms with Crippen LogP contribution in [0.15, 0.2) is 0 Å². The van der Waals surface area contributed by atoms with E-state index >= 15 is 0 Å². The molecular weight excluding hydrogens is 232 g/mol. The molecule has 1 heterocycles. The summed E-state index contributed by atoms with van der Waals surface area (Å²) in [6, 6.07) is -0.00197. The Bertz CT molecular complexity index is 297. The molecular formula is C13H26N2O3. The number of hydrogen-bond donors (Lipinski definition) is 2. The summed E-state index contributed by atoms with van der Waals surface area (Å²) in [5.41, 5.74) is 1.77. The Morgan fingerprint density at radius 1 is 1.50 bits per heavy atom. The Morgan fingerprint density at radius 2 is 2.11 bits per heavy atom. The Kier molecular flexibility index (Phi) is 4.61. The topological polar surface area (TPSA) is 61.8 Å². The Morgan fingerprint density at radius 3 is 2.61 bits per heavy atom. The SMILES string of the molecule is CC1(C)CCC(CNO)N(C(=O)OC(C)(C)C)C1. The number of carbonyl (C=O) groups is 1. The summed E-state index contributed by atoms with van der Waals surface area (Å²) < 4.78 is 5.42. The molecule has 1 unspecified atom stereocenters. The molecule has 1 amide bonds. The predicted molar refractivity (Wildman–Crippen MR) is 69.5 cm³/mol. The molecule has 1 aliphatic heterocycles. The number of carbonyl (C=O) groups excluding carboxylic acids is 1. The molecule has 0 bridgehead atoms. The van der Waals surface area contributed by atoms with Crippen molar-refractivity contribution >= 4 is 6.09 Å². The fourth-order valence-electron chi connectivity index (χ4n) is 2.23. The normalized spacial score (nSPS) is 23.9. The van der Waals surface area contributed by atoms with Gasteiger partial charge in [0.15, 0.2) is 0 Å². The molecule has 18 heavy (non-hydrogen) atoms. The highest BCUT2D eigenvalue weighted by Gasteiger charge is 2.37. The van der Waals surface area contributed by atoms with Gasteiger partial charge in [0, 0.05) is 19.1 Å². The van der Waals surface area contributed by atoms with Gasteiger partial charge in [0.1, 0.15) is 5.60 Å². The Hall–Kier alpha value is -0.810. The van der Waals surface area contributed by atoms with E-state index < -0.39 is 5.60 Å². The van der Waals surface area contributed by atoms with Gasteiger partial charge in [-0.1, -0.05) is 13.8 Å². The van der Waals surface area contributed by atoms with Gasteiger partial charge in [0.05, 0.1) is 0 Å². The number of likely N-dealkylation sites (tertiary alicyclic amines) is 1. The van der Waals surface area contributed by atoms with Gasteiger partial charge < -0.3 is 14.8 Å². The van der Waals surface area contributed by atoms with Crippen LogP contribution in [0.3, 0.4) is 0 Å². The second kappa shape index (κ2) is 5.45. The second-order valence-corrected chi connectivity index (χ2v) is 6.83. The average molecular weight is 258 g/mol. The zero-order chi connectivity index (χ0) is 14.0. The van der Waals surface area contributed by atoms with E-state index in [0.29, 0.717) is 13.1 Å². The molecule has 1 rings (SSSR count). The predicted octanol–water partition coefficient (Wildman–Crippen LogP) is 2.39. The van der Waals surface area contributed by atoms with Crippen molar-refractivity contribution in [3.05, 3.63) is 0 Å². The van der Waals surface area contributed by atoms with E-state index in [4.69, 9.17) is 9.94 Å². The van der Waals surface area contributed by atoms with Crippen LogP contribution in [0.4, 0.5) is 4.79 Å². The smallest absolute Gasteiger partial charge is 0.410 e. The fourth-order valence-corrected chi connectivity index (χ4v) is 2.23. The van der Waals surface area contributed by atoms with Crippen molar-refractivity contribution in [2.75, 3.05) is 13.1 Å². The molecule has 5 nitrogen and oxygen atoms in total. The van der Waals surface area contributed by atoms with E-state index in [9.17, 15) is 4.79 Å². The van der Waals surface area contributed by atoms with Gasteiger partial charge in [-0.25, -0.2) is 10.3 Å². The highest BCUT2D eigenvalue weighted by atomic mass is 16.6. The van der Waals surface area contributed by atoms with Crippen molar-refractivity contribution in [2.24, 2.45) is 5.41 Å². The molecule has 0 radical (unpaired) electrons. The summed E-state index contributed by atoms with van der Waals surface area (Å²) in [5, 5.41) is 8.85. The minimum absolute atomic E-state index is 0.00197. The number of ether oxygens (including phenoxy) is 1. The minimum atomic E-state index is -0.490. The van der Waals surface area contributed by atoms with Crippen LogP contribution >= 0.6 is 0 Å². The molecule has 0 saturated carbocycles. The van der Waals surface area contributed by atoms with Crippen molar-refractivity contribution < 1.29 is 14.7 Å². The van der Waals surface area contributed by atoms with E-state index in [1.165, 1.54) is 0 Å². The van der Waals surface area contributed by atoms with Crippen LogP contribution in [0.1, 0.15) is 47.5 Å². The van der Waals surface area contributed by atoms with Gasteiger partial charge in [-0.2, -0.15) is 0 Å². The van der Waals surface area contributed by atoms with Crippen molar-refractivity contribution in [2.45, 2.75) is 59.1 Å². The average Bonchev–Trinajstić information content (AvgIpc) is 2.18. The first-order valence-corrected chi connectivity index (χ1v) is 6.51. The van der Waals surface area contributed by atoms with Gasteiger partial charge in [-0.3, -0.25) is 0 Å². The van der Waals surface area contributed by atoms with E-state index in [1.807, 2.05) is 20.8 Å². The Labute approximate surface area is 109 Å². The lowest BCUT2D eigenvalue weighted by Crippen LogP contribution is -2.54. The molecule has 5 heteroatoms. The number of amides is 1. The summed E-state index contributed by atoms with van der Waals surface area (Å²) in [6.45, 7) is 10.9. The van der Waals surface area contributed by atoms with Crippen molar-refractivity contribution in [3.8, 4) is 0 Å². The van der Waals surface area contributed by atoms with Crippen molar-refractivity contribution in [1.82, 2.24) is 10.4 Å². The van der Waals surface area contributed by atoms with E-state index in [1.54, 1.807) is 4.90 Å². The molecule has 1 atom stereocenters. The summed E-state index contributed by atoms with van der Waals surface area (Å²) in [4.78, 5) is 13.9. The van der Waals surface area contributed by atoms with Gasteiger partial charge in [0.25, 0.3) is 0 Å². The minimum Gasteiger partial charge on any atom is -0.444 e. The van der Waals surface area contributed by atoms with Crippen LogP contribution in [0.25, 0.3) is 0 Å². The van der Waals surface area contributed by atoms with Crippen LogP contribution in [0.2, 0.25) is 0 Å². The summed E-state index contributed by atoms with van der Waals surface area (Å²) >= 11 is 0. The van der Waals surface area contributed by atoms with Crippen molar-refractivity contribution in [1.29, 1.82) is 0 Å². The van der Waals surface area contributed by atoms with Crippen LogP contribution in [0, 0.1) is 5.41 Å². The second-order valence-electron chi connectivity index (χ2n) is 6.83. The molecule has 0 aliphatic carbocycles.